The van der Waals surface area contributed by atoms with Crippen LogP contribution in [0.2, 0.25) is 0 Å². The van der Waals surface area contributed by atoms with E-state index < -0.39 is 6.04 Å². The number of aromatic hydroxyl groups is 1. The molecule has 8 heteroatoms. The summed E-state index contributed by atoms with van der Waals surface area (Å²) in [4.78, 5) is 15.2. The topological polar surface area (TPSA) is 96.9 Å². The van der Waals surface area contributed by atoms with Gasteiger partial charge in [-0.2, -0.15) is 5.10 Å². The predicted molar refractivity (Wildman–Crippen MR) is 119 cm³/mol. The van der Waals surface area contributed by atoms with Crippen LogP contribution in [-0.4, -0.2) is 60.1 Å². The van der Waals surface area contributed by atoms with Gasteiger partial charge in [0.1, 0.15) is 17.1 Å². The van der Waals surface area contributed by atoms with Gasteiger partial charge < -0.3 is 24.2 Å². The summed E-state index contributed by atoms with van der Waals surface area (Å²) in [5.74, 6) is 1.16. The fraction of sp³-hybridized carbons (Fsp3) is 0.333. The summed E-state index contributed by atoms with van der Waals surface area (Å²) in [5.41, 5.74) is 3.15. The molecule has 1 aromatic heterocycles. The molecule has 2 heterocycles. The van der Waals surface area contributed by atoms with Gasteiger partial charge in [0, 0.05) is 30.9 Å². The van der Waals surface area contributed by atoms with Crippen molar-refractivity contribution < 1.29 is 24.1 Å². The first-order valence-electron chi connectivity index (χ1n) is 10.6. The van der Waals surface area contributed by atoms with Gasteiger partial charge in [0.25, 0.3) is 5.91 Å². The van der Waals surface area contributed by atoms with Crippen LogP contribution >= 0.6 is 0 Å². The van der Waals surface area contributed by atoms with Crippen molar-refractivity contribution in [3.05, 3.63) is 59.3 Å². The summed E-state index contributed by atoms with van der Waals surface area (Å²) in [6.45, 7) is 3.66. The molecule has 32 heavy (non-hydrogen) atoms. The minimum absolute atomic E-state index is 0.107. The molecule has 8 nitrogen and oxygen atoms in total. The maximum Gasteiger partial charge on any atom is 0.273 e. The molecule has 1 unspecified atom stereocenters. The summed E-state index contributed by atoms with van der Waals surface area (Å²) < 4.78 is 16.4. The number of aromatic amines is 1. The van der Waals surface area contributed by atoms with E-state index >= 15 is 0 Å². The number of carbonyl (C=O) groups excluding carboxylic acids is 1. The lowest BCUT2D eigenvalue weighted by Gasteiger charge is -2.27. The number of nitrogens with one attached hydrogen (secondary N) is 1. The van der Waals surface area contributed by atoms with E-state index in [9.17, 15) is 9.90 Å². The largest absolute Gasteiger partial charge is 0.507 e. The maximum absolute atomic E-state index is 13.3. The van der Waals surface area contributed by atoms with Gasteiger partial charge in [0.2, 0.25) is 0 Å². The quantitative estimate of drug-likeness (QED) is 0.495. The number of hydrogen-bond donors (Lipinski definition) is 2. The van der Waals surface area contributed by atoms with Crippen molar-refractivity contribution in [2.75, 3.05) is 34.0 Å². The number of fused-ring (bicyclic) bond motifs is 1. The molecule has 1 atom stereocenters. The molecule has 1 aliphatic rings. The van der Waals surface area contributed by atoms with Gasteiger partial charge in [-0.15, -0.1) is 0 Å². The normalized spacial score (nSPS) is 15.2. The molecule has 1 aliphatic heterocycles. The minimum Gasteiger partial charge on any atom is -0.507 e. The number of nitrogens with zero attached hydrogens (tertiary/aromatic N) is 2. The molecule has 2 aromatic carbocycles. The number of methoxy groups -OCH3 is 2. The second-order valence-electron chi connectivity index (χ2n) is 7.44. The smallest absolute Gasteiger partial charge is 0.273 e. The Bertz CT molecular complexity index is 1110. The van der Waals surface area contributed by atoms with Crippen LogP contribution in [-0.2, 0) is 4.74 Å². The molecule has 4 rings (SSSR count). The number of amides is 1. The lowest BCUT2D eigenvalue weighted by atomic mass is 9.95. The average Bonchev–Trinajstić information content (AvgIpc) is 3.35. The average molecular weight is 437 g/mol. The maximum atomic E-state index is 13.3. The Hall–Kier alpha value is -3.52. The number of para-hydroxylation sites is 1. The van der Waals surface area contributed by atoms with E-state index in [1.807, 2.05) is 36.1 Å². The van der Waals surface area contributed by atoms with Crippen LogP contribution in [0.1, 0.15) is 41.0 Å². The zero-order valence-electron chi connectivity index (χ0n) is 18.4. The van der Waals surface area contributed by atoms with Gasteiger partial charge in [-0.1, -0.05) is 18.2 Å². The van der Waals surface area contributed by atoms with Crippen molar-refractivity contribution in [2.45, 2.75) is 19.4 Å². The summed E-state index contributed by atoms with van der Waals surface area (Å²) in [5, 5.41) is 17.8. The van der Waals surface area contributed by atoms with Gasteiger partial charge in [0.05, 0.1) is 20.3 Å². The Morgan fingerprint density at radius 1 is 1.12 bits per heavy atom. The highest BCUT2D eigenvalue weighted by atomic mass is 16.5. The molecule has 0 saturated heterocycles. The lowest BCUT2D eigenvalue weighted by molar-refractivity contribution is 0.0710. The first kappa shape index (κ1) is 21.7. The van der Waals surface area contributed by atoms with Crippen molar-refractivity contribution in [1.82, 2.24) is 15.1 Å². The van der Waals surface area contributed by atoms with Crippen molar-refractivity contribution >= 4 is 5.91 Å². The van der Waals surface area contributed by atoms with Crippen molar-refractivity contribution in [3.63, 3.8) is 0 Å². The summed E-state index contributed by atoms with van der Waals surface area (Å²) >= 11 is 0. The predicted octanol–water partition coefficient (Wildman–Crippen LogP) is 3.77. The van der Waals surface area contributed by atoms with E-state index in [0.29, 0.717) is 54.6 Å². The Balaban J connectivity index is 1.82. The fourth-order valence-electron chi connectivity index (χ4n) is 4.16. The summed E-state index contributed by atoms with van der Waals surface area (Å²) in [7, 11) is 3.17. The third-order valence-electron chi connectivity index (χ3n) is 5.64. The molecule has 2 N–H and O–H groups in total. The number of hydrogen-bond acceptors (Lipinski definition) is 6. The Morgan fingerprint density at radius 3 is 2.62 bits per heavy atom. The number of aromatic nitrogens is 2. The molecule has 168 valence electrons. The van der Waals surface area contributed by atoms with E-state index in [4.69, 9.17) is 14.2 Å². The second-order valence-corrected chi connectivity index (χ2v) is 7.44. The fourth-order valence-corrected chi connectivity index (χ4v) is 4.16. The van der Waals surface area contributed by atoms with Gasteiger partial charge in [-0.05, 0) is 43.2 Å². The van der Waals surface area contributed by atoms with Gasteiger partial charge in [0.15, 0.2) is 11.5 Å². The first-order chi connectivity index (χ1) is 15.6. The van der Waals surface area contributed by atoms with Crippen LogP contribution in [0.5, 0.6) is 17.2 Å². The van der Waals surface area contributed by atoms with Crippen LogP contribution in [0, 0.1) is 0 Å². The summed E-state index contributed by atoms with van der Waals surface area (Å²) in [6, 6.07) is 12.2. The van der Waals surface area contributed by atoms with Crippen LogP contribution in [0.25, 0.3) is 11.3 Å². The molecule has 0 radical (unpaired) electrons. The molecule has 0 saturated carbocycles. The Labute approximate surface area is 186 Å². The van der Waals surface area contributed by atoms with E-state index in [1.54, 1.807) is 32.4 Å². The highest BCUT2D eigenvalue weighted by Crippen LogP contribution is 2.45. The highest BCUT2D eigenvalue weighted by Gasteiger charge is 2.42. The van der Waals surface area contributed by atoms with E-state index in [-0.39, 0.29) is 11.7 Å². The number of carbonyl (C=O) groups is 1. The molecule has 0 aliphatic carbocycles. The lowest BCUT2D eigenvalue weighted by Crippen LogP contribution is -2.31. The Morgan fingerprint density at radius 2 is 1.91 bits per heavy atom. The number of phenolic OH excluding ortho intramolecular Hbond substituents is 1. The molecule has 0 bridgehead atoms. The van der Waals surface area contributed by atoms with Gasteiger partial charge >= 0.3 is 0 Å². The monoisotopic (exact) mass is 437 g/mol. The third kappa shape index (κ3) is 3.78. The highest BCUT2D eigenvalue weighted by molar-refractivity contribution is 6.00. The van der Waals surface area contributed by atoms with Crippen LogP contribution < -0.4 is 9.47 Å². The molecule has 3 aromatic rings. The zero-order valence-corrected chi connectivity index (χ0v) is 18.4. The third-order valence-corrected chi connectivity index (χ3v) is 5.64. The van der Waals surface area contributed by atoms with Gasteiger partial charge in [-0.3, -0.25) is 9.89 Å². The number of H-pyrrole nitrogens is 1. The summed E-state index contributed by atoms with van der Waals surface area (Å²) in [6.07, 6.45) is 0.701. The standard InChI is InChI=1S/C24H27N3O5/c1-4-32-13-7-12-27-23(15-10-11-18(30-2)19(14-15)31-3)20-21(25-26-22(20)24(27)29)16-8-5-6-9-17(16)28/h5-6,8-11,14,23,28H,4,7,12-13H2,1-3H3,(H,25,26). The van der Waals surface area contributed by atoms with Crippen molar-refractivity contribution in [2.24, 2.45) is 0 Å². The van der Waals surface area contributed by atoms with Crippen LogP contribution in [0.15, 0.2) is 42.5 Å². The number of ether oxygens (including phenoxy) is 3. The van der Waals surface area contributed by atoms with Gasteiger partial charge in [-0.25, -0.2) is 0 Å². The second kappa shape index (κ2) is 9.32. The SMILES string of the molecule is CCOCCCN1C(=O)c2[nH]nc(-c3ccccc3O)c2C1c1ccc(OC)c(OC)c1. The van der Waals surface area contributed by atoms with E-state index in [0.717, 1.165) is 11.1 Å². The van der Waals surface area contributed by atoms with Crippen molar-refractivity contribution in [3.8, 4) is 28.5 Å². The van der Waals surface area contributed by atoms with Crippen LogP contribution in [0.4, 0.5) is 0 Å². The molecular formula is C24H27N3O5. The number of benzene rings is 2. The zero-order chi connectivity index (χ0) is 22.7. The van der Waals surface area contributed by atoms with Crippen LogP contribution in [0.3, 0.4) is 0 Å². The van der Waals surface area contributed by atoms with Crippen molar-refractivity contribution in [1.29, 1.82) is 0 Å². The first-order valence-corrected chi connectivity index (χ1v) is 10.6. The van der Waals surface area contributed by atoms with E-state index in [2.05, 4.69) is 10.2 Å². The molecule has 0 spiro atoms. The van der Waals surface area contributed by atoms with E-state index in [1.165, 1.54) is 0 Å². The number of phenols is 1. The number of rotatable bonds is 9. The molecular weight excluding hydrogens is 410 g/mol. The Kier molecular flexibility index (Phi) is 6.32. The minimum atomic E-state index is -0.396. The molecule has 0 fully saturated rings. The molecule has 1 amide bonds.